The summed E-state index contributed by atoms with van der Waals surface area (Å²) >= 11 is 0. The van der Waals surface area contributed by atoms with Gasteiger partial charge in [0.1, 0.15) is 0 Å². The van der Waals surface area contributed by atoms with Crippen molar-refractivity contribution in [2.24, 2.45) is 5.73 Å². The average molecular weight is 223 g/mol. The SMILES string of the molecule is NCc1ccccc1.O=C(O)/C=C/C(=O)O. The molecule has 5 heteroatoms. The normalized spacial score (nSPS) is 9.31. The molecule has 0 spiro atoms. The summed E-state index contributed by atoms with van der Waals surface area (Å²) in [5, 5.41) is 15.6. The van der Waals surface area contributed by atoms with Gasteiger partial charge in [-0.15, -0.1) is 0 Å². The third-order valence-corrected chi connectivity index (χ3v) is 1.45. The molecule has 1 aromatic carbocycles. The maximum atomic E-state index is 9.55. The third-order valence-electron chi connectivity index (χ3n) is 1.45. The number of nitrogens with two attached hydrogens (primary N) is 1. The lowest BCUT2D eigenvalue weighted by Gasteiger charge is -1.90. The number of carbonyl (C=O) groups is 2. The Bertz CT molecular complexity index is 344. The van der Waals surface area contributed by atoms with Crippen molar-refractivity contribution >= 4 is 11.9 Å². The van der Waals surface area contributed by atoms with Crippen LogP contribution < -0.4 is 5.73 Å². The predicted molar refractivity (Wildman–Crippen MR) is 58.7 cm³/mol. The summed E-state index contributed by atoms with van der Waals surface area (Å²) in [6, 6.07) is 9.99. The lowest BCUT2D eigenvalue weighted by atomic mass is 10.2. The summed E-state index contributed by atoms with van der Waals surface area (Å²) in [5.74, 6) is -2.51. The van der Waals surface area contributed by atoms with E-state index in [2.05, 4.69) is 0 Å². The lowest BCUT2D eigenvalue weighted by molar-refractivity contribution is -0.134. The van der Waals surface area contributed by atoms with E-state index in [1.165, 1.54) is 5.56 Å². The number of carboxylic acids is 2. The van der Waals surface area contributed by atoms with Crippen molar-refractivity contribution in [2.75, 3.05) is 0 Å². The molecule has 0 fully saturated rings. The highest BCUT2D eigenvalue weighted by Crippen LogP contribution is 1.94. The smallest absolute Gasteiger partial charge is 0.328 e. The van der Waals surface area contributed by atoms with E-state index >= 15 is 0 Å². The Kier molecular flexibility index (Phi) is 7.10. The number of carboxylic acid groups (broad SMARTS) is 2. The van der Waals surface area contributed by atoms with E-state index in [-0.39, 0.29) is 0 Å². The van der Waals surface area contributed by atoms with Gasteiger partial charge in [0, 0.05) is 18.7 Å². The van der Waals surface area contributed by atoms with Crippen molar-refractivity contribution in [3.05, 3.63) is 48.0 Å². The van der Waals surface area contributed by atoms with Gasteiger partial charge in [-0.2, -0.15) is 0 Å². The standard InChI is InChI=1S/C7H9N.C4H4O4/c8-6-7-4-2-1-3-5-7;5-3(6)1-2-4(7)8/h1-5H,6,8H2;1-2H,(H,5,6)(H,7,8)/b;2-1+. The number of hydrogen-bond acceptors (Lipinski definition) is 3. The Balaban J connectivity index is 0.000000281. The molecule has 0 aliphatic carbocycles. The summed E-state index contributed by atoms with van der Waals surface area (Å²) in [4.78, 5) is 19.1. The molecule has 86 valence electrons. The van der Waals surface area contributed by atoms with Crippen molar-refractivity contribution < 1.29 is 19.8 Å². The topological polar surface area (TPSA) is 101 Å². The van der Waals surface area contributed by atoms with Gasteiger partial charge < -0.3 is 15.9 Å². The van der Waals surface area contributed by atoms with Gasteiger partial charge in [0.2, 0.25) is 0 Å². The van der Waals surface area contributed by atoms with Crippen LogP contribution in [0.15, 0.2) is 42.5 Å². The molecule has 0 heterocycles. The molecule has 1 rings (SSSR count). The van der Waals surface area contributed by atoms with Crippen LogP contribution in [0.25, 0.3) is 0 Å². The molecule has 0 saturated heterocycles. The second-order valence-corrected chi connectivity index (χ2v) is 2.70. The van der Waals surface area contributed by atoms with Crippen LogP contribution in [-0.2, 0) is 16.1 Å². The summed E-state index contributed by atoms with van der Waals surface area (Å²) in [5.41, 5.74) is 6.54. The van der Waals surface area contributed by atoms with E-state index in [4.69, 9.17) is 15.9 Å². The van der Waals surface area contributed by atoms with Crippen molar-refractivity contribution in [1.82, 2.24) is 0 Å². The second kappa shape index (κ2) is 8.19. The predicted octanol–water partition coefficient (Wildman–Crippen LogP) is 0.857. The highest BCUT2D eigenvalue weighted by Gasteiger charge is 1.88. The molecule has 5 nitrogen and oxygen atoms in total. The highest BCUT2D eigenvalue weighted by atomic mass is 16.4. The van der Waals surface area contributed by atoms with Crippen molar-refractivity contribution in [2.45, 2.75) is 6.54 Å². The van der Waals surface area contributed by atoms with Crippen LogP contribution in [-0.4, -0.2) is 22.2 Å². The molecule has 4 N–H and O–H groups in total. The number of rotatable bonds is 3. The zero-order valence-corrected chi connectivity index (χ0v) is 8.54. The fourth-order valence-electron chi connectivity index (χ4n) is 0.757. The minimum atomic E-state index is -1.26. The molecule has 0 atom stereocenters. The first-order chi connectivity index (χ1) is 7.56. The van der Waals surface area contributed by atoms with Crippen molar-refractivity contribution in [3.8, 4) is 0 Å². The van der Waals surface area contributed by atoms with Crippen LogP contribution in [0.1, 0.15) is 5.56 Å². The van der Waals surface area contributed by atoms with E-state index < -0.39 is 11.9 Å². The Morgan fingerprint density at radius 2 is 1.50 bits per heavy atom. The lowest BCUT2D eigenvalue weighted by Crippen LogP contribution is -1.94. The van der Waals surface area contributed by atoms with E-state index in [0.717, 1.165) is 0 Å². The summed E-state index contributed by atoms with van der Waals surface area (Å²) < 4.78 is 0. The number of aliphatic carboxylic acids is 2. The molecule has 0 saturated carbocycles. The van der Waals surface area contributed by atoms with Gasteiger partial charge in [0.05, 0.1) is 0 Å². The van der Waals surface area contributed by atoms with E-state index in [1.54, 1.807) is 0 Å². The Labute approximate surface area is 92.8 Å². The molecule has 0 aliphatic rings. The van der Waals surface area contributed by atoms with Gasteiger partial charge in [0.25, 0.3) is 0 Å². The zero-order valence-electron chi connectivity index (χ0n) is 8.54. The minimum absolute atomic E-state index is 0.558. The maximum absolute atomic E-state index is 9.55. The molecule has 16 heavy (non-hydrogen) atoms. The largest absolute Gasteiger partial charge is 0.478 e. The molecule has 0 radical (unpaired) electrons. The summed E-state index contributed by atoms with van der Waals surface area (Å²) in [6.07, 6.45) is 1.12. The highest BCUT2D eigenvalue weighted by molar-refractivity contribution is 5.89. The van der Waals surface area contributed by atoms with Gasteiger partial charge in [-0.25, -0.2) is 9.59 Å². The third kappa shape index (κ3) is 8.46. The Morgan fingerprint density at radius 1 is 1.06 bits per heavy atom. The molecule has 0 bridgehead atoms. The molecule has 0 amide bonds. The quantitative estimate of drug-likeness (QED) is 0.660. The molecule has 1 aromatic rings. The fourth-order valence-corrected chi connectivity index (χ4v) is 0.757. The van der Waals surface area contributed by atoms with Crippen LogP contribution in [0.2, 0.25) is 0 Å². The number of hydrogen-bond donors (Lipinski definition) is 3. The molecule has 0 unspecified atom stereocenters. The maximum Gasteiger partial charge on any atom is 0.328 e. The first-order valence-corrected chi connectivity index (χ1v) is 4.44. The summed E-state index contributed by atoms with van der Waals surface area (Å²) in [7, 11) is 0. The van der Waals surface area contributed by atoms with Gasteiger partial charge in [0.15, 0.2) is 0 Å². The summed E-state index contributed by atoms with van der Waals surface area (Å²) in [6.45, 7) is 0.640. The first-order valence-electron chi connectivity index (χ1n) is 4.44. The zero-order chi connectivity index (χ0) is 12.4. The fraction of sp³-hybridized carbons (Fsp3) is 0.0909. The molecular weight excluding hydrogens is 210 g/mol. The van der Waals surface area contributed by atoms with E-state index in [0.29, 0.717) is 18.7 Å². The van der Waals surface area contributed by atoms with Gasteiger partial charge >= 0.3 is 11.9 Å². The van der Waals surface area contributed by atoms with Crippen LogP contribution in [0.5, 0.6) is 0 Å². The average Bonchev–Trinajstić information content (AvgIpc) is 2.28. The number of benzene rings is 1. The molecule has 0 aromatic heterocycles. The Morgan fingerprint density at radius 3 is 1.75 bits per heavy atom. The van der Waals surface area contributed by atoms with Crippen molar-refractivity contribution in [1.29, 1.82) is 0 Å². The second-order valence-electron chi connectivity index (χ2n) is 2.70. The van der Waals surface area contributed by atoms with Gasteiger partial charge in [-0.05, 0) is 5.56 Å². The van der Waals surface area contributed by atoms with Crippen LogP contribution in [0, 0.1) is 0 Å². The minimum Gasteiger partial charge on any atom is -0.478 e. The van der Waals surface area contributed by atoms with Crippen molar-refractivity contribution in [3.63, 3.8) is 0 Å². The van der Waals surface area contributed by atoms with Gasteiger partial charge in [-0.1, -0.05) is 30.3 Å². The van der Waals surface area contributed by atoms with Crippen LogP contribution in [0.3, 0.4) is 0 Å². The van der Waals surface area contributed by atoms with E-state index in [9.17, 15) is 9.59 Å². The van der Waals surface area contributed by atoms with Crippen LogP contribution >= 0.6 is 0 Å². The Hall–Kier alpha value is -2.14. The monoisotopic (exact) mass is 223 g/mol. The molecular formula is C11H13NO4. The van der Waals surface area contributed by atoms with Gasteiger partial charge in [-0.3, -0.25) is 0 Å². The molecule has 0 aliphatic heterocycles. The van der Waals surface area contributed by atoms with Crippen LogP contribution in [0.4, 0.5) is 0 Å². The van der Waals surface area contributed by atoms with E-state index in [1.807, 2.05) is 30.3 Å². The first kappa shape index (κ1) is 13.9.